The Morgan fingerprint density at radius 2 is 2.07 bits per heavy atom. The maximum absolute atomic E-state index is 5.27. The van der Waals surface area contributed by atoms with Crippen LogP contribution in [0.15, 0.2) is 0 Å². The van der Waals surface area contributed by atoms with Gasteiger partial charge in [0, 0.05) is 23.8 Å². The van der Waals surface area contributed by atoms with Crippen LogP contribution < -0.4 is 5.32 Å². The summed E-state index contributed by atoms with van der Waals surface area (Å²) >= 11 is 2.09. The van der Waals surface area contributed by atoms with Crippen LogP contribution in [0.4, 0.5) is 0 Å². The molecule has 0 spiro atoms. The highest BCUT2D eigenvalue weighted by atomic mass is 32.2. The number of hydrogen-bond donors (Lipinski definition) is 1. The smallest absolute Gasteiger partial charge is 0.0554 e. The van der Waals surface area contributed by atoms with Crippen molar-refractivity contribution in [2.45, 2.75) is 33.2 Å². The minimum atomic E-state index is 0.409. The molecule has 0 amide bonds. The Morgan fingerprint density at radius 1 is 1.33 bits per heavy atom. The maximum Gasteiger partial charge on any atom is 0.0554 e. The monoisotopic (exact) mass is 229 g/mol. The summed E-state index contributed by atoms with van der Waals surface area (Å²) in [7, 11) is 0. The van der Waals surface area contributed by atoms with Gasteiger partial charge in [-0.3, -0.25) is 0 Å². The first-order chi connectivity index (χ1) is 6.99. The van der Waals surface area contributed by atoms with Gasteiger partial charge in [-0.15, -0.1) is 0 Å². The zero-order valence-electron chi connectivity index (χ0n) is 10.1. The van der Waals surface area contributed by atoms with E-state index in [1.165, 1.54) is 17.9 Å². The van der Waals surface area contributed by atoms with Crippen molar-refractivity contribution < 1.29 is 4.74 Å². The zero-order chi connectivity index (χ0) is 10.9. The van der Waals surface area contributed by atoms with Crippen LogP contribution in [0.3, 0.4) is 0 Å². The molecular formula is C12H23NOS. The molecule has 0 saturated carbocycles. The van der Waals surface area contributed by atoms with E-state index in [4.69, 9.17) is 4.74 Å². The fourth-order valence-electron chi connectivity index (χ4n) is 2.34. The Bertz CT molecular complexity index is 226. The molecule has 0 aliphatic carbocycles. The van der Waals surface area contributed by atoms with Gasteiger partial charge in [-0.2, -0.15) is 11.8 Å². The predicted molar refractivity (Wildman–Crippen MR) is 66.4 cm³/mol. The van der Waals surface area contributed by atoms with Gasteiger partial charge in [0.25, 0.3) is 0 Å². The van der Waals surface area contributed by atoms with Gasteiger partial charge in [-0.25, -0.2) is 0 Å². The third-order valence-corrected chi connectivity index (χ3v) is 4.95. The normalized spacial score (nSPS) is 33.4. The second-order valence-corrected chi connectivity index (χ2v) is 7.30. The standard InChI is InChI=1S/C12H23NOS/c1-11(2)4-10(5-15-9-11)13-6-12(3)7-14-8-12/h10,13H,4-9H2,1-3H3. The highest BCUT2D eigenvalue weighted by molar-refractivity contribution is 7.99. The van der Waals surface area contributed by atoms with Crippen molar-refractivity contribution in [2.75, 3.05) is 31.3 Å². The molecule has 2 rings (SSSR count). The topological polar surface area (TPSA) is 21.3 Å². The molecule has 2 saturated heterocycles. The summed E-state index contributed by atoms with van der Waals surface area (Å²) in [6, 6.07) is 0.705. The van der Waals surface area contributed by atoms with Crippen LogP contribution in [0, 0.1) is 10.8 Å². The molecule has 0 bridgehead atoms. The molecule has 0 aromatic rings. The molecule has 2 fully saturated rings. The largest absolute Gasteiger partial charge is 0.380 e. The van der Waals surface area contributed by atoms with Crippen LogP contribution in [0.25, 0.3) is 0 Å². The minimum Gasteiger partial charge on any atom is -0.380 e. The highest BCUT2D eigenvalue weighted by Crippen LogP contribution is 2.34. The average Bonchev–Trinajstić information content (AvgIpc) is 2.10. The van der Waals surface area contributed by atoms with Gasteiger partial charge in [0.05, 0.1) is 13.2 Å². The van der Waals surface area contributed by atoms with Crippen LogP contribution in [0.5, 0.6) is 0 Å². The zero-order valence-corrected chi connectivity index (χ0v) is 11.0. The van der Waals surface area contributed by atoms with Crippen LogP contribution >= 0.6 is 11.8 Å². The molecule has 1 unspecified atom stereocenters. The Morgan fingerprint density at radius 3 is 2.60 bits per heavy atom. The Kier molecular flexibility index (Phi) is 3.34. The minimum absolute atomic E-state index is 0.409. The Balaban J connectivity index is 1.74. The lowest BCUT2D eigenvalue weighted by molar-refractivity contribution is -0.100. The summed E-state index contributed by atoms with van der Waals surface area (Å²) in [4.78, 5) is 0. The molecule has 15 heavy (non-hydrogen) atoms. The van der Waals surface area contributed by atoms with Gasteiger partial charge in [-0.1, -0.05) is 20.8 Å². The fourth-order valence-corrected chi connectivity index (χ4v) is 3.65. The molecule has 3 heteroatoms. The van der Waals surface area contributed by atoms with Gasteiger partial charge < -0.3 is 10.1 Å². The summed E-state index contributed by atoms with van der Waals surface area (Å²) in [5.74, 6) is 2.59. The number of nitrogens with one attached hydrogen (secondary N) is 1. The van der Waals surface area contributed by atoms with Gasteiger partial charge >= 0.3 is 0 Å². The molecule has 2 nitrogen and oxygen atoms in total. The molecule has 0 radical (unpaired) electrons. The predicted octanol–water partition coefficient (Wildman–Crippen LogP) is 2.14. The van der Waals surface area contributed by atoms with Crippen molar-refractivity contribution in [3.05, 3.63) is 0 Å². The van der Waals surface area contributed by atoms with Crippen molar-refractivity contribution in [1.82, 2.24) is 5.32 Å². The highest BCUT2D eigenvalue weighted by Gasteiger charge is 2.35. The first kappa shape index (κ1) is 11.7. The first-order valence-electron chi connectivity index (χ1n) is 5.88. The number of ether oxygens (including phenoxy) is 1. The van der Waals surface area contributed by atoms with Crippen molar-refractivity contribution in [3.63, 3.8) is 0 Å². The molecule has 0 aromatic heterocycles. The first-order valence-corrected chi connectivity index (χ1v) is 7.04. The number of hydrogen-bond acceptors (Lipinski definition) is 3. The van der Waals surface area contributed by atoms with Gasteiger partial charge in [0.2, 0.25) is 0 Å². The molecule has 2 heterocycles. The van der Waals surface area contributed by atoms with Gasteiger partial charge in [0.1, 0.15) is 0 Å². The number of thioether (sulfide) groups is 1. The van der Waals surface area contributed by atoms with E-state index in [9.17, 15) is 0 Å². The molecule has 1 atom stereocenters. The second-order valence-electron chi connectivity index (χ2n) is 6.26. The molecule has 2 aliphatic heterocycles. The Hall–Kier alpha value is 0.270. The summed E-state index contributed by atoms with van der Waals surface area (Å²) in [6.07, 6.45) is 1.32. The lowest BCUT2D eigenvalue weighted by Crippen LogP contribution is -2.51. The lowest BCUT2D eigenvalue weighted by atomic mass is 9.85. The third-order valence-electron chi connectivity index (χ3n) is 3.33. The number of rotatable bonds is 3. The van der Waals surface area contributed by atoms with Crippen LogP contribution in [-0.2, 0) is 4.74 Å². The van der Waals surface area contributed by atoms with E-state index in [0.717, 1.165) is 19.8 Å². The van der Waals surface area contributed by atoms with Gasteiger partial charge in [-0.05, 0) is 17.6 Å². The van der Waals surface area contributed by atoms with Crippen molar-refractivity contribution >= 4 is 11.8 Å². The van der Waals surface area contributed by atoms with Crippen LogP contribution in [0.2, 0.25) is 0 Å². The fraction of sp³-hybridized carbons (Fsp3) is 1.00. The van der Waals surface area contributed by atoms with Crippen LogP contribution in [0.1, 0.15) is 27.2 Å². The maximum atomic E-state index is 5.27. The Labute approximate surface area is 97.5 Å². The molecule has 88 valence electrons. The third kappa shape index (κ3) is 3.11. The molecule has 0 aromatic carbocycles. The molecular weight excluding hydrogens is 206 g/mol. The summed E-state index contributed by atoms with van der Waals surface area (Å²) in [5, 5.41) is 3.72. The van der Waals surface area contributed by atoms with E-state index >= 15 is 0 Å². The molecule has 1 N–H and O–H groups in total. The van der Waals surface area contributed by atoms with Crippen LogP contribution in [-0.4, -0.2) is 37.3 Å². The van der Waals surface area contributed by atoms with Gasteiger partial charge in [0.15, 0.2) is 0 Å². The van der Waals surface area contributed by atoms with E-state index in [-0.39, 0.29) is 0 Å². The lowest BCUT2D eigenvalue weighted by Gasteiger charge is -2.41. The van der Waals surface area contributed by atoms with E-state index in [2.05, 4.69) is 37.8 Å². The summed E-state index contributed by atoms with van der Waals surface area (Å²) < 4.78 is 5.27. The van der Waals surface area contributed by atoms with E-state index in [1.54, 1.807) is 0 Å². The van der Waals surface area contributed by atoms with Crippen molar-refractivity contribution in [1.29, 1.82) is 0 Å². The second kappa shape index (κ2) is 4.27. The van der Waals surface area contributed by atoms with E-state index < -0.39 is 0 Å². The van der Waals surface area contributed by atoms with Crippen molar-refractivity contribution in [3.8, 4) is 0 Å². The van der Waals surface area contributed by atoms with E-state index in [1.807, 2.05) is 0 Å². The SMILES string of the molecule is CC1(C)CSCC(NCC2(C)COC2)C1. The summed E-state index contributed by atoms with van der Waals surface area (Å²) in [6.45, 7) is 10.1. The summed E-state index contributed by atoms with van der Waals surface area (Å²) in [5.41, 5.74) is 0.920. The average molecular weight is 229 g/mol. The quantitative estimate of drug-likeness (QED) is 0.801. The van der Waals surface area contributed by atoms with E-state index in [0.29, 0.717) is 16.9 Å². The van der Waals surface area contributed by atoms with Crippen molar-refractivity contribution in [2.24, 2.45) is 10.8 Å². The molecule has 2 aliphatic rings.